The van der Waals surface area contributed by atoms with Crippen LogP contribution in [0.15, 0.2) is 60.7 Å². The lowest BCUT2D eigenvalue weighted by molar-refractivity contribution is -0.137. The molecule has 3 aromatic rings. The molecular weight excluding hydrogens is 477 g/mol. The molecule has 0 aromatic heterocycles. The summed E-state index contributed by atoms with van der Waals surface area (Å²) in [5.41, 5.74) is 6.02. The molecule has 2 fully saturated rings. The molecule has 38 heavy (non-hydrogen) atoms. The van der Waals surface area contributed by atoms with Crippen LogP contribution >= 0.6 is 0 Å². The average molecular weight is 516 g/mol. The molecule has 2 atom stereocenters. The zero-order chi connectivity index (χ0) is 26.6. The molecule has 1 aliphatic heterocycles. The molecule has 1 aliphatic carbocycles. The van der Waals surface area contributed by atoms with E-state index in [0.29, 0.717) is 17.2 Å². The molecule has 200 valence electrons. The van der Waals surface area contributed by atoms with Gasteiger partial charge < -0.3 is 14.7 Å². The Morgan fingerprint density at radius 3 is 2.45 bits per heavy atom. The molecule has 4 nitrogen and oxygen atoms in total. The van der Waals surface area contributed by atoms with E-state index in [2.05, 4.69) is 42.2 Å². The normalized spacial score (nSPS) is 20.0. The number of ether oxygens (including phenoxy) is 1. The predicted molar refractivity (Wildman–Crippen MR) is 150 cm³/mol. The Kier molecular flexibility index (Phi) is 8.01. The van der Waals surface area contributed by atoms with E-state index in [1.165, 1.54) is 49.3 Å². The van der Waals surface area contributed by atoms with Gasteiger partial charge in [-0.2, -0.15) is 0 Å². The summed E-state index contributed by atoms with van der Waals surface area (Å²) < 4.78 is 19.7. The lowest BCUT2D eigenvalue weighted by Crippen LogP contribution is -2.31. The monoisotopic (exact) mass is 515 g/mol. The molecule has 0 radical (unpaired) electrons. The van der Waals surface area contributed by atoms with Crippen molar-refractivity contribution >= 4 is 11.7 Å². The molecule has 1 heterocycles. The topological polar surface area (TPSA) is 49.8 Å². The summed E-state index contributed by atoms with van der Waals surface area (Å²) in [7, 11) is 1.59. The van der Waals surface area contributed by atoms with Gasteiger partial charge in [0.25, 0.3) is 0 Å². The van der Waals surface area contributed by atoms with Crippen molar-refractivity contribution < 1.29 is 19.0 Å². The van der Waals surface area contributed by atoms with Crippen LogP contribution in [0.3, 0.4) is 0 Å². The molecule has 3 aromatic carbocycles. The lowest BCUT2D eigenvalue weighted by Gasteiger charge is -2.28. The maximum absolute atomic E-state index is 14.5. The lowest BCUT2D eigenvalue weighted by atomic mass is 9.79. The van der Waals surface area contributed by atoms with Crippen LogP contribution < -0.4 is 9.64 Å². The van der Waals surface area contributed by atoms with Crippen LogP contribution in [0.4, 0.5) is 10.1 Å². The van der Waals surface area contributed by atoms with E-state index in [1.54, 1.807) is 19.2 Å². The first kappa shape index (κ1) is 26.3. The third-order valence-electron chi connectivity index (χ3n) is 8.66. The van der Waals surface area contributed by atoms with Gasteiger partial charge in [0.2, 0.25) is 0 Å². The van der Waals surface area contributed by atoms with Gasteiger partial charge in [0.15, 0.2) is 0 Å². The van der Waals surface area contributed by atoms with Gasteiger partial charge in [0.05, 0.1) is 13.5 Å². The van der Waals surface area contributed by atoms with E-state index in [1.807, 2.05) is 12.1 Å². The number of aryl methyl sites for hydroxylation is 1. The Morgan fingerprint density at radius 1 is 1.00 bits per heavy atom. The van der Waals surface area contributed by atoms with Crippen LogP contribution in [0, 0.1) is 24.6 Å². The molecule has 5 heteroatoms. The fraction of sp³-hybridized carbons (Fsp3) is 0.424. The van der Waals surface area contributed by atoms with Gasteiger partial charge in [-0.1, -0.05) is 62.4 Å². The van der Waals surface area contributed by atoms with E-state index in [0.717, 1.165) is 42.1 Å². The summed E-state index contributed by atoms with van der Waals surface area (Å²) in [6, 6.07) is 19.6. The van der Waals surface area contributed by atoms with Crippen LogP contribution in [-0.2, 0) is 11.2 Å². The summed E-state index contributed by atoms with van der Waals surface area (Å²) in [4.78, 5) is 14.0. The highest BCUT2D eigenvalue weighted by atomic mass is 19.1. The molecule has 0 unspecified atom stereocenters. The number of methoxy groups -OCH3 is 1. The first-order chi connectivity index (χ1) is 18.4. The fourth-order valence-electron chi connectivity index (χ4n) is 6.55. The molecule has 1 saturated heterocycles. The molecule has 1 N–H and O–H groups in total. The second-order valence-electron chi connectivity index (χ2n) is 11.1. The van der Waals surface area contributed by atoms with Crippen LogP contribution in [0.1, 0.15) is 61.6 Å². The van der Waals surface area contributed by atoms with Crippen molar-refractivity contribution in [2.45, 2.75) is 64.3 Å². The maximum atomic E-state index is 14.5. The third-order valence-corrected chi connectivity index (χ3v) is 8.66. The van der Waals surface area contributed by atoms with E-state index < -0.39 is 5.97 Å². The van der Waals surface area contributed by atoms with Crippen molar-refractivity contribution in [1.29, 1.82) is 0 Å². The summed E-state index contributed by atoms with van der Waals surface area (Å²) in [6.45, 7) is 3.03. The predicted octanol–water partition coefficient (Wildman–Crippen LogP) is 7.65. The molecule has 0 amide bonds. The van der Waals surface area contributed by atoms with E-state index in [9.17, 15) is 14.3 Å². The quantitative estimate of drug-likeness (QED) is 0.335. The van der Waals surface area contributed by atoms with Gasteiger partial charge >= 0.3 is 5.97 Å². The van der Waals surface area contributed by atoms with Gasteiger partial charge in [-0.3, -0.25) is 4.79 Å². The number of aliphatic carboxylic acids is 1. The number of carbonyl (C=O) groups is 1. The van der Waals surface area contributed by atoms with E-state index in [-0.39, 0.29) is 18.3 Å². The van der Waals surface area contributed by atoms with Crippen molar-refractivity contribution in [2.75, 3.05) is 18.6 Å². The van der Waals surface area contributed by atoms with Crippen LogP contribution in [0.25, 0.3) is 11.1 Å². The summed E-state index contributed by atoms with van der Waals surface area (Å²) in [6.07, 6.45) is 8.52. The number of anilines is 1. The van der Waals surface area contributed by atoms with Gasteiger partial charge in [0, 0.05) is 23.8 Å². The highest BCUT2D eigenvalue weighted by Crippen LogP contribution is 2.40. The largest absolute Gasteiger partial charge is 0.497 e. The second kappa shape index (κ2) is 11.6. The van der Waals surface area contributed by atoms with Gasteiger partial charge in [-0.05, 0) is 84.2 Å². The van der Waals surface area contributed by atoms with Crippen LogP contribution in [0.2, 0.25) is 0 Å². The number of carboxylic acid groups (broad SMARTS) is 1. The van der Waals surface area contributed by atoms with Gasteiger partial charge in [0.1, 0.15) is 11.6 Å². The minimum Gasteiger partial charge on any atom is -0.497 e. The number of benzene rings is 3. The molecule has 5 rings (SSSR count). The number of hydrogen-bond donors (Lipinski definition) is 1. The molecular formula is C33H38FNO3. The zero-order valence-electron chi connectivity index (χ0n) is 22.5. The Labute approximate surface area is 225 Å². The zero-order valence-corrected chi connectivity index (χ0v) is 22.5. The number of carboxylic acids is 1. The van der Waals surface area contributed by atoms with E-state index >= 15 is 0 Å². The van der Waals surface area contributed by atoms with Crippen molar-refractivity contribution in [3.63, 3.8) is 0 Å². The smallest absolute Gasteiger partial charge is 0.305 e. The minimum atomic E-state index is -0.714. The standard InChI is InChI=1S/C33H38FNO3/c1-22-16-26(31-20-30(38-2)14-15-32(31)34)11-10-25(22)17-23-8-12-28(13-9-23)35-21-27(18-29(35)19-33(36)37)24-6-4-3-5-7-24/h8-16,20,24,27,29H,3-7,17-19,21H2,1-2H3,(H,36,37)/t27-,29-/m1/s1. The number of halogens is 1. The number of rotatable bonds is 8. The molecule has 0 bridgehead atoms. The average Bonchev–Trinajstić information content (AvgIpc) is 3.34. The first-order valence-corrected chi connectivity index (χ1v) is 13.9. The number of nitrogens with zero attached hydrogens (tertiary/aromatic N) is 1. The second-order valence-corrected chi connectivity index (χ2v) is 11.1. The molecule has 2 aliphatic rings. The molecule has 1 saturated carbocycles. The van der Waals surface area contributed by atoms with E-state index in [4.69, 9.17) is 4.74 Å². The Balaban J connectivity index is 1.30. The van der Waals surface area contributed by atoms with Gasteiger partial charge in [-0.15, -0.1) is 0 Å². The van der Waals surface area contributed by atoms with Crippen molar-refractivity contribution in [3.05, 3.63) is 83.2 Å². The maximum Gasteiger partial charge on any atom is 0.305 e. The summed E-state index contributed by atoms with van der Waals surface area (Å²) in [5.74, 6) is 0.989. The highest BCUT2D eigenvalue weighted by Gasteiger charge is 2.37. The molecule has 0 spiro atoms. The van der Waals surface area contributed by atoms with Gasteiger partial charge in [-0.25, -0.2) is 4.39 Å². The summed E-state index contributed by atoms with van der Waals surface area (Å²) >= 11 is 0. The third kappa shape index (κ3) is 5.87. The van der Waals surface area contributed by atoms with Crippen molar-refractivity contribution in [1.82, 2.24) is 0 Å². The Hall–Kier alpha value is -3.34. The van der Waals surface area contributed by atoms with Crippen molar-refractivity contribution in [3.8, 4) is 16.9 Å². The highest BCUT2D eigenvalue weighted by molar-refractivity contribution is 5.69. The van der Waals surface area contributed by atoms with Crippen LogP contribution in [-0.4, -0.2) is 30.8 Å². The minimum absolute atomic E-state index is 0.0667. The number of hydrogen-bond acceptors (Lipinski definition) is 3. The van der Waals surface area contributed by atoms with Crippen molar-refractivity contribution in [2.24, 2.45) is 11.8 Å². The Morgan fingerprint density at radius 2 is 1.76 bits per heavy atom. The Bertz CT molecular complexity index is 1270. The van der Waals surface area contributed by atoms with Crippen LogP contribution in [0.5, 0.6) is 5.75 Å². The SMILES string of the molecule is COc1ccc(F)c(-c2ccc(Cc3ccc(N4C[C@H](C5CCCCC5)C[C@@H]4CC(=O)O)cc3)c(C)c2)c1. The summed E-state index contributed by atoms with van der Waals surface area (Å²) in [5, 5.41) is 9.55. The fourth-order valence-corrected chi connectivity index (χ4v) is 6.55. The first-order valence-electron chi connectivity index (χ1n) is 13.9.